The fraction of sp³-hybridized carbons (Fsp3) is 0.167. The van der Waals surface area contributed by atoms with Crippen molar-refractivity contribution in [3.8, 4) is 5.75 Å². The van der Waals surface area contributed by atoms with Gasteiger partial charge < -0.3 is 14.6 Å². The minimum Gasteiger partial charge on any atom is -0.497 e. The molecular weight excluding hydrogens is 306 g/mol. The van der Waals surface area contributed by atoms with Gasteiger partial charge in [0.05, 0.1) is 29.9 Å². The van der Waals surface area contributed by atoms with Crippen LogP contribution in [0.4, 0.5) is 5.69 Å². The monoisotopic (exact) mass is 323 g/mol. The summed E-state index contributed by atoms with van der Waals surface area (Å²) in [6, 6.07) is 8.70. The number of nitrogens with zero attached hydrogens (tertiary/aromatic N) is 2. The van der Waals surface area contributed by atoms with Crippen LogP contribution in [-0.4, -0.2) is 22.6 Å². The second-order valence-electron chi connectivity index (χ2n) is 5.24. The predicted octanol–water partition coefficient (Wildman–Crippen LogP) is 2.68. The molecule has 6 heteroatoms. The highest BCUT2D eigenvalue weighted by molar-refractivity contribution is 6.05. The van der Waals surface area contributed by atoms with E-state index in [4.69, 9.17) is 4.74 Å². The van der Waals surface area contributed by atoms with E-state index in [0.717, 1.165) is 5.52 Å². The fourth-order valence-corrected chi connectivity index (χ4v) is 2.56. The Balaban J connectivity index is 2.12. The van der Waals surface area contributed by atoms with E-state index in [0.29, 0.717) is 23.4 Å². The zero-order chi connectivity index (χ0) is 17.1. The topological polar surface area (TPSA) is 73.2 Å². The molecule has 0 spiro atoms. The van der Waals surface area contributed by atoms with Crippen LogP contribution in [0.25, 0.3) is 10.9 Å². The minimum atomic E-state index is -0.458. The highest BCUT2D eigenvalue weighted by atomic mass is 16.5. The van der Waals surface area contributed by atoms with E-state index in [9.17, 15) is 9.59 Å². The highest BCUT2D eigenvalue weighted by Crippen LogP contribution is 2.19. The Hall–Kier alpha value is -3.15. The van der Waals surface area contributed by atoms with E-state index in [-0.39, 0.29) is 11.0 Å². The molecule has 6 nitrogen and oxygen atoms in total. The maximum atomic E-state index is 12.8. The first-order chi connectivity index (χ1) is 11.6. The van der Waals surface area contributed by atoms with Gasteiger partial charge in [-0.3, -0.25) is 14.6 Å². The molecule has 0 aliphatic rings. The van der Waals surface area contributed by atoms with E-state index in [1.54, 1.807) is 43.8 Å². The molecule has 0 bridgehead atoms. The Morgan fingerprint density at radius 2 is 2.17 bits per heavy atom. The second-order valence-corrected chi connectivity index (χ2v) is 5.24. The number of aromatic nitrogens is 2. The lowest BCUT2D eigenvalue weighted by Gasteiger charge is -2.12. The molecule has 1 N–H and O–H groups in total. The van der Waals surface area contributed by atoms with E-state index in [1.807, 2.05) is 17.6 Å². The van der Waals surface area contributed by atoms with Gasteiger partial charge in [-0.25, -0.2) is 0 Å². The van der Waals surface area contributed by atoms with Gasteiger partial charge in [0.1, 0.15) is 11.3 Å². The summed E-state index contributed by atoms with van der Waals surface area (Å²) in [6.07, 6.45) is 4.73. The van der Waals surface area contributed by atoms with Gasteiger partial charge in [0.2, 0.25) is 5.43 Å². The summed E-state index contributed by atoms with van der Waals surface area (Å²) in [5.74, 6) is 0.118. The number of anilines is 1. The van der Waals surface area contributed by atoms with E-state index in [1.165, 1.54) is 6.20 Å². The SMILES string of the molecule is CCn1cc(C(=O)Nc2cccnc2)c(=O)c2cc(OC)ccc21. The number of rotatable bonds is 4. The first kappa shape index (κ1) is 15.7. The van der Waals surface area contributed by atoms with Crippen molar-refractivity contribution in [1.82, 2.24) is 9.55 Å². The second kappa shape index (κ2) is 6.54. The summed E-state index contributed by atoms with van der Waals surface area (Å²) in [4.78, 5) is 29.2. The van der Waals surface area contributed by atoms with Crippen LogP contribution in [0.15, 0.2) is 53.7 Å². The standard InChI is InChI=1S/C18H17N3O3/c1-3-21-11-15(18(23)20-12-5-4-8-19-10-12)17(22)14-9-13(24-2)6-7-16(14)21/h4-11H,3H2,1-2H3,(H,20,23). The number of nitrogens with one attached hydrogen (secondary N) is 1. The van der Waals surface area contributed by atoms with Crippen LogP contribution in [-0.2, 0) is 6.54 Å². The fourth-order valence-electron chi connectivity index (χ4n) is 2.56. The molecule has 1 amide bonds. The number of carbonyl (C=O) groups is 1. The van der Waals surface area contributed by atoms with Crippen LogP contribution in [0.5, 0.6) is 5.75 Å². The molecule has 3 aromatic rings. The summed E-state index contributed by atoms with van der Waals surface area (Å²) < 4.78 is 7.06. The third-order valence-electron chi connectivity index (χ3n) is 3.79. The van der Waals surface area contributed by atoms with Gasteiger partial charge >= 0.3 is 0 Å². The number of benzene rings is 1. The number of hydrogen-bond donors (Lipinski definition) is 1. The summed E-state index contributed by atoms with van der Waals surface area (Å²) in [5.41, 5.74) is 1.06. The summed E-state index contributed by atoms with van der Waals surface area (Å²) in [5, 5.41) is 3.15. The average molecular weight is 323 g/mol. The lowest BCUT2D eigenvalue weighted by Crippen LogP contribution is -2.24. The maximum Gasteiger partial charge on any atom is 0.261 e. The Bertz CT molecular complexity index is 949. The molecule has 24 heavy (non-hydrogen) atoms. The predicted molar refractivity (Wildman–Crippen MR) is 92.6 cm³/mol. The van der Waals surface area contributed by atoms with Crippen molar-refractivity contribution in [2.45, 2.75) is 13.5 Å². The van der Waals surface area contributed by atoms with Gasteiger partial charge in [0.25, 0.3) is 5.91 Å². The number of carbonyl (C=O) groups excluding carboxylic acids is 1. The molecule has 1 aromatic carbocycles. The van der Waals surface area contributed by atoms with Gasteiger partial charge in [0, 0.05) is 18.9 Å². The van der Waals surface area contributed by atoms with Crippen molar-refractivity contribution >= 4 is 22.5 Å². The summed E-state index contributed by atoms with van der Waals surface area (Å²) in [7, 11) is 1.54. The molecule has 0 saturated heterocycles. The Morgan fingerprint density at radius 3 is 2.83 bits per heavy atom. The number of methoxy groups -OCH3 is 1. The largest absolute Gasteiger partial charge is 0.497 e. The maximum absolute atomic E-state index is 12.8. The summed E-state index contributed by atoms with van der Waals surface area (Å²) in [6.45, 7) is 2.59. The Kier molecular flexibility index (Phi) is 4.29. The van der Waals surface area contributed by atoms with Crippen LogP contribution in [0, 0.1) is 0 Å². The Labute approximate surface area is 138 Å². The zero-order valence-electron chi connectivity index (χ0n) is 13.4. The van der Waals surface area contributed by atoms with Crippen molar-refractivity contribution in [2.75, 3.05) is 12.4 Å². The smallest absolute Gasteiger partial charge is 0.261 e. The Morgan fingerprint density at radius 1 is 1.33 bits per heavy atom. The van der Waals surface area contributed by atoms with Crippen LogP contribution in [0.1, 0.15) is 17.3 Å². The van der Waals surface area contributed by atoms with Gasteiger partial charge in [-0.2, -0.15) is 0 Å². The first-order valence-corrected chi connectivity index (χ1v) is 7.56. The number of fused-ring (bicyclic) bond motifs is 1. The molecule has 3 rings (SSSR count). The molecule has 0 unspecified atom stereocenters. The molecule has 0 aliphatic carbocycles. The van der Waals surface area contributed by atoms with E-state index < -0.39 is 5.91 Å². The van der Waals surface area contributed by atoms with Crippen LogP contribution >= 0.6 is 0 Å². The van der Waals surface area contributed by atoms with Crippen LogP contribution < -0.4 is 15.5 Å². The molecule has 0 atom stereocenters. The van der Waals surface area contributed by atoms with Crippen molar-refractivity contribution in [3.05, 3.63) is 64.7 Å². The molecule has 122 valence electrons. The van der Waals surface area contributed by atoms with E-state index in [2.05, 4.69) is 10.3 Å². The first-order valence-electron chi connectivity index (χ1n) is 7.56. The molecule has 2 heterocycles. The lowest BCUT2D eigenvalue weighted by molar-refractivity contribution is 0.102. The quantitative estimate of drug-likeness (QED) is 0.801. The van der Waals surface area contributed by atoms with Crippen LogP contribution in [0.2, 0.25) is 0 Å². The van der Waals surface area contributed by atoms with Crippen molar-refractivity contribution in [2.24, 2.45) is 0 Å². The van der Waals surface area contributed by atoms with Crippen molar-refractivity contribution < 1.29 is 9.53 Å². The van der Waals surface area contributed by atoms with Crippen molar-refractivity contribution in [1.29, 1.82) is 0 Å². The lowest BCUT2D eigenvalue weighted by atomic mass is 10.1. The number of amides is 1. The summed E-state index contributed by atoms with van der Waals surface area (Å²) >= 11 is 0. The number of pyridine rings is 2. The molecular formula is C18H17N3O3. The minimum absolute atomic E-state index is 0.0847. The molecule has 0 saturated carbocycles. The van der Waals surface area contributed by atoms with Gasteiger partial charge in [-0.05, 0) is 37.3 Å². The molecule has 0 fully saturated rings. The zero-order valence-corrected chi connectivity index (χ0v) is 13.4. The number of ether oxygens (including phenoxy) is 1. The highest BCUT2D eigenvalue weighted by Gasteiger charge is 2.16. The molecule has 0 radical (unpaired) electrons. The van der Waals surface area contributed by atoms with Gasteiger partial charge in [0.15, 0.2) is 0 Å². The molecule has 2 aromatic heterocycles. The third kappa shape index (κ3) is 2.86. The van der Waals surface area contributed by atoms with Crippen molar-refractivity contribution in [3.63, 3.8) is 0 Å². The van der Waals surface area contributed by atoms with Gasteiger partial charge in [-0.1, -0.05) is 0 Å². The van der Waals surface area contributed by atoms with Gasteiger partial charge in [-0.15, -0.1) is 0 Å². The average Bonchev–Trinajstić information content (AvgIpc) is 2.62. The normalized spacial score (nSPS) is 10.6. The third-order valence-corrected chi connectivity index (χ3v) is 3.79. The molecule has 0 aliphatic heterocycles. The van der Waals surface area contributed by atoms with E-state index >= 15 is 0 Å². The number of aryl methyl sites for hydroxylation is 1. The number of hydrogen-bond acceptors (Lipinski definition) is 4. The van der Waals surface area contributed by atoms with Crippen LogP contribution in [0.3, 0.4) is 0 Å².